The number of aromatic nitrogens is 1. The van der Waals surface area contributed by atoms with E-state index in [-0.39, 0.29) is 5.91 Å². The highest BCUT2D eigenvalue weighted by molar-refractivity contribution is 7.18. The van der Waals surface area contributed by atoms with Crippen LogP contribution >= 0.6 is 11.3 Å². The van der Waals surface area contributed by atoms with Gasteiger partial charge in [-0.1, -0.05) is 66.7 Å². The Morgan fingerprint density at radius 2 is 1.54 bits per heavy atom. The van der Waals surface area contributed by atoms with Gasteiger partial charge in [0.15, 0.2) is 0 Å². The van der Waals surface area contributed by atoms with E-state index in [1.54, 1.807) is 11.3 Å². The standard InChI is InChI=1S/C22H18N2OS/c25-21(23-15-22-24-19-8-4-5-9-20(19)26-22)14-16-10-12-18(13-11-16)17-6-2-1-3-7-17/h1-13H,14-15H2,(H,23,25). The molecule has 4 rings (SSSR count). The number of hydrogen-bond acceptors (Lipinski definition) is 3. The molecule has 1 N–H and O–H groups in total. The van der Waals surface area contributed by atoms with Crippen molar-refractivity contribution in [2.75, 3.05) is 0 Å². The molecule has 0 aliphatic heterocycles. The van der Waals surface area contributed by atoms with Gasteiger partial charge in [0.25, 0.3) is 0 Å². The minimum atomic E-state index is 0.0108. The first kappa shape index (κ1) is 16.5. The van der Waals surface area contributed by atoms with Crippen LogP contribution in [-0.4, -0.2) is 10.9 Å². The molecule has 26 heavy (non-hydrogen) atoms. The lowest BCUT2D eigenvalue weighted by Gasteiger charge is -2.05. The van der Waals surface area contributed by atoms with E-state index in [0.29, 0.717) is 13.0 Å². The van der Waals surface area contributed by atoms with E-state index in [4.69, 9.17) is 0 Å². The van der Waals surface area contributed by atoms with E-state index < -0.39 is 0 Å². The van der Waals surface area contributed by atoms with Crippen LogP contribution in [-0.2, 0) is 17.8 Å². The molecule has 0 atom stereocenters. The van der Waals surface area contributed by atoms with Crippen molar-refractivity contribution in [2.24, 2.45) is 0 Å². The van der Waals surface area contributed by atoms with Gasteiger partial charge in [-0.05, 0) is 28.8 Å². The monoisotopic (exact) mass is 358 g/mol. The molecule has 128 valence electrons. The van der Waals surface area contributed by atoms with Crippen molar-refractivity contribution in [1.29, 1.82) is 0 Å². The summed E-state index contributed by atoms with van der Waals surface area (Å²) in [4.78, 5) is 16.8. The molecule has 3 nitrogen and oxygen atoms in total. The zero-order chi connectivity index (χ0) is 17.8. The number of hydrogen-bond donors (Lipinski definition) is 1. The highest BCUT2D eigenvalue weighted by Gasteiger charge is 2.07. The number of carbonyl (C=O) groups is 1. The molecule has 3 aromatic carbocycles. The van der Waals surface area contributed by atoms with Crippen LogP contribution in [0.4, 0.5) is 0 Å². The fraction of sp³-hybridized carbons (Fsp3) is 0.0909. The molecule has 1 amide bonds. The summed E-state index contributed by atoms with van der Waals surface area (Å²) in [6.45, 7) is 0.472. The minimum absolute atomic E-state index is 0.0108. The lowest BCUT2D eigenvalue weighted by atomic mass is 10.0. The lowest BCUT2D eigenvalue weighted by molar-refractivity contribution is -0.120. The molecule has 0 fully saturated rings. The highest BCUT2D eigenvalue weighted by atomic mass is 32.1. The van der Waals surface area contributed by atoms with Gasteiger partial charge in [-0.3, -0.25) is 4.79 Å². The van der Waals surface area contributed by atoms with Crippen molar-refractivity contribution in [2.45, 2.75) is 13.0 Å². The van der Waals surface area contributed by atoms with Crippen LogP contribution in [0.2, 0.25) is 0 Å². The third-order valence-corrected chi connectivity index (χ3v) is 5.24. The Morgan fingerprint density at radius 3 is 2.31 bits per heavy atom. The summed E-state index contributed by atoms with van der Waals surface area (Å²) in [5.41, 5.74) is 4.33. The van der Waals surface area contributed by atoms with Gasteiger partial charge in [-0.15, -0.1) is 11.3 Å². The van der Waals surface area contributed by atoms with Gasteiger partial charge in [0, 0.05) is 0 Å². The van der Waals surface area contributed by atoms with E-state index in [2.05, 4.69) is 34.6 Å². The first-order chi connectivity index (χ1) is 12.8. The molecular weight excluding hydrogens is 340 g/mol. The number of thiazole rings is 1. The Kier molecular flexibility index (Phi) is 4.75. The number of nitrogens with one attached hydrogen (secondary N) is 1. The number of nitrogens with zero attached hydrogens (tertiary/aromatic N) is 1. The summed E-state index contributed by atoms with van der Waals surface area (Å²) < 4.78 is 1.15. The molecule has 0 unspecified atom stereocenters. The smallest absolute Gasteiger partial charge is 0.224 e. The van der Waals surface area contributed by atoms with E-state index in [0.717, 1.165) is 26.4 Å². The van der Waals surface area contributed by atoms with E-state index in [9.17, 15) is 4.79 Å². The van der Waals surface area contributed by atoms with Crippen LogP contribution in [0.1, 0.15) is 10.6 Å². The van der Waals surface area contributed by atoms with E-state index in [1.807, 2.05) is 54.6 Å². The van der Waals surface area contributed by atoms with Crippen LogP contribution in [0.15, 0.2) is 78.9 Å². The molecule has 4 aromatic rings. The summed E-state index contributed by atoms with van der Waals surface area (Å²) >= 11 is 1.62. The van der Waals surface area contributed by atoms with Crippen molar-refractivity contribution in [1.82, 2.24) is 10.3 Å². The molecule has 0 saturated heterocycles. The van der Waals surface area contributed by atoms with Crippen LogP contribution in [0.5, 0.6) is 0 Å². The van der Waals surface area contributed by atoms with E-state index in [1.165, 1.54) is 5.56 Å². The Hall–Kier alpha value is -2.98. The van der Waals surface area contributed by atoms with E-state index >= 15 is 0 Å². The third-order valence-electron chi connectivity index (χ3n) is 4.20. The molecule has 0 aliphatic carbocycles. The van der Waals surface area contributed by atoms with Gasteiger partial charge >= 0.3 is 0 Å². The largest absolute Gasteiger partial charge is 0.349 e. The van der Waals surface area contributed by atoms with Gasteiger partial charge in [-0.2, -0.15) is 0 Å². The third kappa shape index (κ3) is 3.81. The van der Waals surface area contributed by atoms with Crippen molar-refractivity contribution in [3.8, 4) is 11.1 Å². The van der Waals surface area contributed by atoms with Gasteiger partial charge in [0.2, 0.25) is 5.91 Å². The zero-order valence-electron chi connectivity index (χ0n) is 14.2. The maximum absolute atomic E-state index is 12.2. The molecule has 1 aromatic heterocycles. The lowest BCUT2D eigenvalue weighted by Crippen LogP contribution is -2.24. The van der Waals surface area contributed by atoms with Gasteiger partial charge in [0.1, 0.15) is 5.01 Å². The normalized spacial score (nSPS) is 10.8. The number of fused-ring (bicyclic) bond motifs is 1. The Bertz CT molecular complexity index is 990. The minimum Gasteiger partial charge on any atom is -0.349 e. The second kappa shape index (κ2) is 7.50. The summed E-state index contributed by atoms with van der Waals surface area (Å²) in [7, 11) is 0. The molecule has 0 bridgehead atoms. The highest BCUT2D eigenvalue weighted by Crippen LogP contribution is 2.21. The molecule has 1 heterocycles. The van der Waals surface area contributed by atoms with Crippen LogP contribution < -0.4 is 5.32 Å². The molecule has 0 radical (unpaired) electrons. The number of para-hydroxylation sites is 1. The van der Waals surface area contributed by atoms with Crippen molar-refractivity contribution >= 4 is 27.5 Å². The second-order valence-electron chi connectivity index (χ2n) is 6.09. The Balaban J connectivity index is 1.35. The average Bonchev–Trinajstić information content (AvgIpc) is 3.11. The predicted octanol–water partition coefficient (Wildman–Crippen LogP) is 4.82. The summed E-state index contributed by atoms with van der Waals surface area (Å²) in [6, 6.07) is 26.4. The fourth-order valence-corrected chi connectivity index (χ4v) is 3.77. The van der Waals surface area contributed by atoms with Gasteiger partial charge in [-0.25, -0.2) is 4.98 Å². The number of benzene rings is 3. The van der Waals surface area contributed by atoms with Crippen molar-refractivity contribution in [3.05, 3.63) is 89.4 Å². The molecular formula is C22H18N2OS. The maximum Gasteiger partial charge on any atom is 0.224 e. The van der Waals surface area contributed by atoms with Gasteiger partial charge < -0.3 is 5.32 Å². The first-order valence-corrected chi connectivity index (χ1v) is 9.35. The Labute approximate surface area is 156 Å². The topological polar surface area (TPSA) is 42.0 Å². The molecule has 4 heteroatoms. The van der Waals surface area contributed by atoms with Crippen molar-refractivity contribution in [3.63, 3.8) is 0 Å². The summed E-state index contributed by atoms with van der Waals surface area (Å²) in [6.07, 6.45) is 0.375. The quantitative estimate of drug-likeness (QED) is 0.556. The number of carbonyl (C=O) groups excluding carboxylic acids is 1. The zero-order valence-corrected chi connectivity index (χ0v) is 15.0. The number of rotatable bonds is 5. The summed E-state index contributed by atoms with van der Waals surface area (Å²) in [5.74, 6) is 0.0108. The van der Waals surface area contributed by atoms with Crippen LogP contribution in [0, 0.1) is 0 Å². The Morgan fingerprint density at radius 1 is 0.846 bits per heavy atom. The predicted molar refractivity (Wildman–Crippen MR) is 107 cm³/mol. The van der Waals surface area contributed by atoms with Crippen molar-refractivity contribution < 1.29 is 4.79 Å². The fourth-order valence-electron chi connectivity index (χ4n) is 2.86. The molecule has 0 saturated carbocycles. The molecule has 0 spiro atoms. The molecule has 0 aliphatic rings. The van der Waals surface area contributed by atoms with Gasteiger partial charge in [0.05, 0.1) is 23.2 Å². The van der Waals surface area contributed by atoms with Crippen LogP contribution in [0.25, 0.3) is 21.3 Å². The van der Waals surface area contributed by atoms with Crippen LogP contribution in [0.3, 0.4) is 0 Å². The number of amides is 1. The SMILES string of the molecule is O=C(Cc1ccc(-c2ccccc2)cc1)NCc1nc2ccccc2s1. The first-order valence-electron chi connectivity index (χ1n) is 8.53. The summed E-state index contributed by atoms with van der Waals surface area (Å²) in [5, 5.41) is 3.89. The average molecular weight is 358 g/mol. The second-order valence-corrected chi connectivity index (χ2v) is 7.21. The maximum atomic E-state index is 12.2.